The molecule has 0 bridgehead atoms. The van der Waals surface area contributed by atoms with Crippen LogP contribution in [0.2, 0.25) is 0 Å². The van der Waals surface area contributed by atoms with Crippen LogP contribution in [0.5, 0.6) is 5.75 Å². The van der Waals surface area contributed by atoms with E-state index in [1.807, 2.05) is 6.92 Å². The predicted molar refractivity (Wildman–Crippen MR) is 62.7 cm³/mol. The van der Waals surface area contributed by atoms with E-state index in [0.29, 0.717) is 5.75 Å². The van der Waals surface area contributed by atoms with Gasteiger partial charge in [0.1, 0.15) is 11.4 Å². The number of hydrogen-bond acceptors (Lipinski definition) is 3. The molecule has 0 amide bonds. The van der Waals surface area contributed by atoms with Crippen LogP contribution in [-0.2, 0) is 0 Å². The number of non-ortho nitro benzene ring substituents is 1. The normalized spacial score (nSPS) is 11.2. The third-order valence-corrected chi connectivity index (χ3v) is 2.91. The summed E-state index contributed by atoms with van der Waals surface area (Å²) in [6.07, 6.45) is 1.81. The lowest BCUT2D eigenvalue weighted by atomic mass is 10.00. The Balaban J connectivity index is 2.79. The van der Waals surface area contributed by atoms with Gasteiger partial charge in [-0.05, 0) is 31.9 Å². The molecular weight excluding hydrogens is 206 g/mol. The lowest BCUT2D eigenvalue weighted by molar-refractivity contribution is -0.384. The minimum atomic E-state index is -0.414. The molecule has 0 aromatic heterocycles. The maximum Gasteiger partial charge on any atom is 0.269 e. The Labute approximate surface area is 95.4 Å². The first-order valence-corrected chi connectivity index (χ1v) is 5.44. The summed E-state index contributed by atoms with van der Waals surface area (Å²) < 4.78 is 5.81. The number of nitro benzene ring substituents is 1. The van der Waals surface area contributed by atoms with Crippen molar-refractivity contribution in [2.75, 3.05) is 0 Å². The summed E-state index contributed by atoms with van der Waals surface area (Å²) in [5.41, 5.74) is -0.113. The van der Waals surface area contributed by atoms with Crippen molar-refractivity contribution in [2.45, 2.75) is 39.2 Å². The maximum absolute atomic E-state index is 10.5. The number of ether oxygens (including phenoxy) is 1. The first-order chi connectivity index (χ1) is 7.50. The van der Waals surface area contributed by atoms with Gasteiger partial charge >= 0.3 is 0 Å². The second kappa shape index (κ2) is 4.96. The predicted octanol–water partition coefficient (Wildman–Crippen LogP) is 3.55. The highest BCUT2D eigenvalue weighted by molar-refractivity contribution is 5.36. The SMILES string of the molecule is CCC(C)(CC)Oc1ccc([N+](=O)[O-])cc1. The van der Waals surface area contributed by atoms with Crippen molar-refractivity contribution in [3.8, 4) is 5.75 Å². The summed E-state index contributed by atoms with van der Waals surface area (Å²) in [4.78, 5) is 10.1. The number of benzene rings is 1. The Morgan fingerprint density at radius 3 is 2.12 bits per heavy atom. The van der Waals surface area contributed by atoms with Gasteiger partial charge in [-0.3, -0.25) is 10.1 Å². The molecule has 0 saturated carbocycles. The highest BCUT2D eigenvalue weighted by Gasteiger charge is 2.21. The van der Waals surface area contributed by atoms with Crippen LogP contribution in [0.25, 0.3) is 0 Å². The number of nitro groups is 1. The molecule has 16 heavy (non-hydrogen) atoms. The van der Waals surface area contributed by atoms with Crippen molar-refractivity contribution in [1.82, 2.24) is 0 Å². The zero-order valence-corrected chi connectivity index (χ0v) is 9.90. The van der Waals surface area contributed by atoms with E-state index >= 15 is 0 Å². The van der Waals surface area contributed by atoms with Gasteiger partial charge in [0.05, 0.1) is 4.92 Å². The third kappa shape index (κ3) is 2.95. The molecule has 88 valence electrons. The van der Waals surface area contributed by atoms with Gasteiger partial charge in [-0.1, -0.05) is 13.8 Å². The van der Waals surface area contributed by atoms with Crippen LogP contribution in [-0.4, -0.2) is 10.5 Å². The van der Waals surface area contributed by atoms with Gasteiger partial charge < -0.3 is 4.74 Å². The van der Waals surface area contributed by atoms with E-state index in [9.17, 15) is 10.1 Å². The summed E-state index contributed by atoms with van der Waals surface area (Å²) in [7, 11) is 0. The average Bonchev–Trinajstić information content (AvgIpc) is 2.29. The van der Waals surface area contributed by atoms with Crippen molar-refractivity contribution >= 4 is 5.69 Å². The molecule has 0 aliphatic rings. The van der Waals surface area contributed by atoms with Gasteiger partial charge in [0.15, 0.2) is 0 Å². The van der Waals surface area contributed by atoms with Gasteiger partial charge in [0.25, 0.3) is 5.69 Å². The quantitative estimate of drug-likeness (QED) is 0.566. The summed E-state index contributed by atoms with van der Waals surface area (Å²) in [6.45, 7) is 6.16. The Bertz CT molecular complexity index is 355. The van der Waals surface area contributed by atoms with Crippen LogP contribution in [0.1, 0.15) is 33.6 Å². The second-order valence-electron chi connectivity index (χ2n) is 4.01. The van der Waals surface area contributed by atoms with Crippen LogP contribution >= 0.6 is 0 Å². The Morgan fingerprint density at radius 1 is 1.25 bits per heavy atom. The fourth-order valence-corrected chi connectivity index (χ4v) is 1.31. The number of hydrogen-bond donors (Lipinski definition) is 0. The standard InChI is InChI=1S/C12H17NO3/c1-4-12(3,5-2)16-11-8-6-10(7-9-11)13(14)15/h6-9H,4-5H2,1-3H3. The van der Waals surface area contributed by atoms with Crippen molar-refractivity contribution in [3.63, 3.8) is 0 Å². The lowest BCUT2D eigenvalue weighted by Crippen LogP contribution is -2.30. The zero-order chi connectivity index (χ0) is 12.2. The molecule has 0 heterocycles. The molecule has 0 fully saturated rings. The molecule has 4 heteroatoms. The van der Waals surface area contributed by atoms with E-state index in [4.69, 9.17) is 4.74 Å². The van der Waals surface area contributed by atoms with E-state index < -0.39 is 4.92 Å². The number of rotatable bonds is 5. The molecule has 1 rings (SSSR count). The lowest BCUT2D eigenvalue weighted by Gasteiger charge is -2.28. The fraction of sp³-hybridized carbons (Fsp3) is 0.500. The molecule has 0 aliphatic carbocycles. The molecule has 0 spiro atoms. The number of nitrogens with zero attached hydrogens (tertiary/aromatic N) is 1. The van der Waals surface area contributed by atoms with Gasteiger partial charge in [0.2, 0.25) is 0 Å². The van der Waals surface area contributed by atoms with Crippen molar-refractivity contribution in [3.05, 3.63) is 34.4 Å². The van der Waals surface area contributed by atoms with Crippen LogP contribution < -0.4 is 4.74 Å². The van der Waals surface area contributed by atoms with E-state index in [-0.39, 0.29) is 11.3 Å². The molecular formula is C12H17NO3. The molecule has 0 N–H and O–H groups in total. The van der Waals surface area contributed by atoms with Crippen LogP contribution in [0, 0.1) is 10.1 Å². The van der Waals surface area contributed by atoms with Crippen LogP contribution in [0.15, 0.2) is 24.3 Å². The zero-order valence-electron chi connectivity index (χ0n) is 9.90. The molecule has 0 unspecified atom stereocenters. The summed E-state index contributed by atoms with van der Waals surface area (Å²) in [6, 6.07) is 6.20. The van der Waals surface area contributed by atoms with E-state index in [2.05, 4.69) is 13.8 Å². The summed E-state index contributed by atoms with van der Waals surface area (Å²) in [5, 5.41) is 10.5. The molecule has 0 saturated heterocycles. The summed E-state index contributed by atoms with van der Waals surface area (Å²) in [5.74, 6) is 0.678. The van der Waals surface area contributed by atoms with Crippen LogP contribution in [0.3, 0.4) is 0 Å². The van der Waals surface area contributed by atoms with Crippen molar-refractivity contribution in [1.29, 1.82) is 0 Å². The highest BCUT2D eigenvalue weighted by Crippen LogP contribution is 2.25. The average molecular weight is 223 g/mol. The van der Waals surface area contributed by atoms with E-state index in [1.54, 1.807) is 12.1 Å². The Hall–Kier alpha value is -1.58. The first kappa shape index (κ1) is 12.5. The fourth-order valence-electron chi connectivity index (χ4n) is 1.31. The largest absolute Gasteiger partial charge is 0.488 e. The topological polar surface area (TPSA) is 52.4 Å². The molecule has 0 radical (unpaired) electrons. The summed E-state index contributed by atoms with van der Waals surface area (Å²) >= 11 is 0. The van der Waals surface area contributed by atoms with Gasteiger partial charge in [-0.15, -0.1) is 0 Å². The minimum absolute atomic E-state index is 0.0852. The van der Waals surface area contributed by atoms with Gasteiger partial charge in [-0.2, -0.15) is 0 Å². The van der Waals surface area contributed by atoms with Crippen LogP contribution in [0.4, 0.5) is 5.69 Å². The molecule has 0 atom stereocenters. The van der Waals surface area contributed by atoms with Gasteiger partial charge in [0, 0.05) is 12.1 Å². The molecule has 1 aromatic rings. The third-order valence-electron chi connectivity index (χ3n) is 2.91. The molecule has 0 aliphatic heterocycles. The Morgan fingerprint density at radius 2 is 1.75 bits per heavy atom. The smallest absolute Gasteiger partial charge is 0.269 e. The van der Waals surface area contributed by atoms with E-state index in [0.717, 1.165) is 12.8 Å². The van der Waals surface area contributed by atoms with Gasteiger partial charge in [-0.25, -0.2) is 0 Å². The second-order valence-corrected chi connectivity index (χ2v) is 4.01. The monoisotopic (exact) mass is 223 g/mol. The Kier molecular flexibility index (Phi) is 3.88. The maximum atomic E-state index is 10.5. The minimum Gasteiger partial charge on any atom is -0.488 e. The molecule has 1 aromatic carbocycles. The van der Waals surface area contributed by atoms with Crippen molar-refractivity contribution in [2.24, 2.45) is 0 Å². The first-order valence-electron chi connectivity index (χ1n) is 5.44. The molecule has 4 nitrogen and oxygen atoms in total. The van der Waals surface area contributed by atoms with E-state index in [1.165, 1.54) is 12.1 Å². The van der Waals surface area contributed by atoms with Crippen molar-refractivity contribution < 1.29 is 9.66 Å². The highest BCUT2D eigenvalue weighted by atomic mass is 16.6.